The fraction of sp³-hybridized carbons (Fsp3) is 0.400. The zero-order valence-electron chi connectivity index (χ0n) is 9.14. The van der Waals surface area contributed by atoms with Crippen molar-refractivity contribution in [1.29, 1.82) is 0 Å². The van der Waals surface area contributed by atoms with Gasteiger partial charge in [-0.15, -0.1) is 11.3 Å². The lowest BCUT2D eigenvalue weighted by Crippen LogP contribution is -2.01. The van der Waals surface area contributed by atoms with E-state index in [1.54, 1.807) is 7.11 Å². The number of nitrogen functional groups attached to an aromatic ring is 1. The fourth-order valence-corrected chi connectivity index (χ4v) is 2.08. The number of nitrogens with two attached hydrogens (primary N) is 1. The first kappa shape index (κ1) is 11.1. The summed E-state index contributed by atoms with van der Waals surface area (Å²) in [5.41, 5.74) is 5.64. The third kappa shape index (κ3) is 2.07. The largest absolute Gasteiger partial charge is 0.391 e. The molecule has 0 radical (unpaired) electrons. The van der Waals surface area contributed by atoms with Gasteiger partial charge < -0.3 is 15.0 Å². The molecule has 0 spiro atoms. The minimum Gasteiger partial charge on any atom is -0.391 e. The Morgan fingerprint density at radius 2 is 2.38 bits per heavy atom. The molecule has 2 rings (SSSR count). The van der Waals surface area contributed by atoms with Crippen LogP contribution in [0.5, 0.6) is 0 Å². The highest BCUT2D eigenvalue weighted by Gasteiger charge is 2.17. The number of thiophene rings is 1. The maximum absolute atomic E-state index is 5.64. The SMILES string of the molecule is CCC(OC)c1noc(-c2ccc(N)s2)n1. The lowest BCUT2D eigenvalue weighted by molar-refractivity contribution is 0.0903. The molecular formula is C10H13N3O2S. The van der Waals surface area contributed by atoms with Crippen molar-refractivity contribution in [1.82, 2.24) is 10.1 Å². The summed E-state index contributed by atoms with van der Waals surface area (Å²) >= 11 is 1.42. The van der Waals surface area contributed by atoms with E-state index in [1.165, 1.54) is 11.3 Å². The van der Waals surface area contributed by atoms with E-state index < -0.39 is 0 Å². The number of ether oxygens (including phenoxy) is 1. The molecule has 1 atom stereocenters. The van der Waals surface area contributed by atoms with Crippen molar-refractivity contribution in [2.75, 3.05) is 12.8 Å². The van der Waals surface area contributed by atoms with E-state index in [0.29, 0.717) is 11.7 Å². The highest BCUT2D eigenvalue weighted by molar-refractivity contribution is 7.19. The number of nitrogens with zero attached hydrogens (tertiary/aromatic N) is 2. The molecule has 2 aromatic rings. The minimum atomic E-state index is -0.116. The first-order valence-electron chi connectivity index (χ1n) is 4.96. The number of aromatic nitrogens is 2. The van der Waals surface area contributed by atoms with Gasteiger partial charge in [0.25, 0.3) is 5.89 Å². The van der Waals surface area contributed by atoms with Gasteiger partial charge in [-0.05, 0) is 18.6 Å². The number of rotatable bonds is 4. The summed E-state index contributed by atoms with van der Waals surface area (Å²) in [6.07, 6.45) is 0.692. The first-order valence-corrected chi connectivity index (χ1v) is 5.78. The van der Waals surface area contributed by atoms with Crippen LogP contribution in [0.4, 0.5) is 5.00 Å². The molecule has 5 nitrogen and oxygen atoms in total. The lowest BCUT2D eigenvalue weighted by atomic mass is 10.2. The van der Waals surface area contributed by atoms with Crippen LogP contribution in [-0.4, -0.2) is 17.3 Å². The van der Waals surface area contributed by atoms with E-state index in [2.05, 4.69) is 10.1 Å². The summed E-state index contributed by atoms with van der Waals surface area (Å²) in [4.78, 5) is 5.16. The van der Waals surface area contributed by atoms with Crippen LogP contribution in [0.2, 0.25) is 0 Å². The molecular weight excluding hydrogens is 226 g/mol. The van der Waals surface area contributed by atoms with Crippen LogP contribution in [-0.2, 0) is 4.74 Å². The predicted molar refractivity (Wildman–Crippen MR) is 62.1 cm³/mol. The number of hydrogen-bond donors (Lipinski definition) is 1. The summed E-state index contributed by atoms with van der Waals surface area (Å²) < 4.78 is 10.4. The topological polar surface area (TPSA) is 74.2 Å². The van der Waals surface area contributed by atoms with Gasteiger partial charge in [0.15, 0.2) is 0 Å². The minimum absolute atomic E-state index is 0.116. The standard InChI is InChI=1S/C10H13N3O2S/c1-3-6(14-2)9-12-10(15-13-9)7-4-5-8(11)16-7/h4-6H,3,11H2,1-2H3. The second-order valence-electron chi connectivity index (χ2n) is 3.29. The van der Waals surface area contributed by atoms with E-state index in [0.717, 1.165) is 16.3 Å². The maximum atomic E-state index is 5.64. The van der Waals surface area contributed by atoms with Crippen molar-refractivity contribution in [3.63, 3.8) is 0 Å². The third-order valence-electron chi connectivity index (χ3n) is 2.22. The highest BCUT2D eigenvalue weighted by Crippen LogP contribution is 2.29. The van der Waals surface area contributed by atoms with Crippen LogP contribution in [0.15, 0.2) is 16.7 Å². The molecule has 0 saturated heterocycles. The van der Waals surface area contributed by atoms with Gasteiger partial charge in [-0.1, -0.05) is 12.1 Å². The zero-order valence-corrected chi connectivity index (χ0v) is 9.95. The summed E-state index contributed by atoms with van der Waals surface area (Å²) in [5.74, 6) is 1.07. The smallest absolute Gasteiger partial charge is 0.268 e. The highest BCUT2D eigenvalue weighted by atomic mass is 32.1. The van der Waals surface area contributed by atoms with Crippen molar-refractivity contribution >= 4 is 16.3 Å². The molecule has 86 valence electrons. The van der Waals surface area contributed by atoms with Gasteiger partial charge in [-0.3, -0.25) is 0 Å². The van der Waals surface area contributed by atoms with Crippen LogP contribution < -0.4 is 5.73 Å². The van der Waals surface area contributed by atoms with Crippen molar-refractivity contribution in [2.24, 2.45) is 0 Å². The average molecular weight is 239 g/mol. The third-order valence-corrected chi connectivity index (χ3v) is 3.12. The molecule has 1 unspecified atom stereocenters. The number of methoxy groups -OCH3 is 1. The summed E-state index contributed by atoms with van der Waals surface area (Å²) in [7, 11) is 1.63. The van der Waals surface area contributed by atoms with E-state index in [4.69, 9.17) is 15.0 Å². The maximum Gasteiger partial charge on any atom is 0.268 e. The Kier molecular flexibility index (Phi) is 3.21. The number of anilines is 1. The molecule has 2 aromatic heterocycles. The summed E-state index contributed by atoms with van der Waals surface area (Å²) in [6.45, 7) is 2.01. The van der Waals surface area contributed by atoms with Crippen LogP contribution in [0.1, 0.15) is 25.3 Å². The fourth-order valence-electron chi connectivity index (χ4n) is 1.39. The van der Waals surface area contributed by atoms with Crippen LogP contribution in [0.25, 0.3) is 10.8 Å². The van der Waals surface area contributed by atoms with Crippen molar-refractivity contribution in [2.45, 2.75) is 19.4 Å². The molecule has 0 fully saturated rings. The van der Waals surface area contributed by atoms with Crippen LogP contribution in [0, 0.1) is 0 Å². The Hall–Kier alpha value is -1.40. The van der Waals surface area contributed by atoms with E-state index >= 15 is 0 Å². The molecule has 0 amide bonds. The normalized spacial score (nSPS) is 12.9. The van der Waals surface area contributed by atoms with Crippen molar-refractivity contribution < 1.29 is 9.26 Å². The van der Waals surface area contributed by atoms with Gasteiger partial charge in [-0.2, -0.15) is 4.98 Å². The molecule has 0 saturated carbocycles. The Morgan fingerprint density at radius 3 is 2.94 bits per heavy atom. The zero-order chi connectivity index (χ0) is 11.5. The molecule has 0 aromatic carbocycles. The second-order valence-corrected chi connectivity index (χ2v) is 4.41. The monoisotopic (exact) mass is 239 g/mol. The molecule has 6 heteroatoms. The van der Waals surface area contributed by atoms with Crippen molar-refractivity contribution in [3.05, 3.63) is 18.0 Å². The molecule has 0 aliphatic rings. The Bertz CT molecular complexity index is 462. The molecule has 2 heterocycles. The molecule has 0 bridgehead atoms. The molecule has 0 aliphatic heterocycles. The van der Waals surface area contributed by atoms with Gasteiger partial charge in [-0.25, -0.2) is 0 Å². The lowest BCUT2D eigenvalue weighted by Gasteiger charge is -2.05. The Labute approximate surface area is 97.2 Å². The predicted octanol–water partition coefficient (Wildman–Crippen LogP) is 2.48. The summed E-state index contributed by atoms with van der Waals surface area (Å²) in [5, 5.41) is 4.63. The van der Waals surface area contributed by atoms with E-state index in [9.17, 15) is 0 Å². The Balaban J connectivity index is 2.25. The van der Waals surface area contributed by atoms with E-state index in [-0.39, 0.29) is 6.10 Å². The summed E-state index contributed by atoms with van der Waals surface area (Å²) in [6, 6.07) is 3.68. The van der Waals surface area contributed by atoms with Crippen LogP contribution in [0.3, 0.4) is 0 Å². The van der Waals surface area contributed by atoms with Gasteiger partial charge in [0.1, 0.15) is 6.10 Å². The van der Waals surface area contributed by atoms with Gasteiger partial charge >= 0.3 is 0 Å². The van der Waals surface area contributed by atoms with Crippen molar-refractivity contribution in [3.8, 4) is 10.8 Å². The van der Waals surface area contributed by atoms with Gasteiger partial charge in [0.2, 0.25) is 5.82 Å². The van der Waals surface area contributed by atoms with Gasteiger partial charge in [0, 0.05) is 7.11 Å². The molecule has 16 heavy (non-hydrogen) atoms. The first-order chi connectivity index (χ1) is 7.74. The quantitative estimate of drug-likeness (QED) is 0.887. The molecule has 0 aliphatic carbocycles. The van der Waals surface area contributed by atoms with Crippen LogP contribution >= 0.6 is 11.3 Å². The molecule has 2 N–H and O–H groups in total. The van der Waals surface area contributed by atoms with Gasteiger partial charge in [0.05, 0.1) is 9.88 Å². The Morgan fingerprint density at radius 1 is 1.56 bits per heavy atom. The number of hydrogen-bond acceptors (Lipinski definition) is 6. The van der Waals surface area contributed by atoms with E-state index in [1.807, 2.05) is 19.1 Å². The average Bonchev–Trinajstić information content (AvgIpc) is 2.89. The second kappa shape index (κ2) is 4.63.